The highest BCUT2D eigenvalue weighted by atomic mass is 32.1. The SMILES string of the molecule is Cc1ccc([C@H](C)NC(=S)Nc2ccc3c(c2)OCO3)cc1C. The van der Waals surface area contributed by atoms with Gasteiger partial charge in [0.05, 0.1) is 6.04 Å². The number of hydrogen-bond acceptors (Lipinski definition) is 3. The summed E-state index contributed by atoms with van der Waals surface area (Å²) in [4.78, 5) is 0. The topological polar surface area (TPSA) is 42.5 Å². The maximum atomic E-state index is 5.40. The molecule has 0 amide bonds. The van der Waals surface area contributed by atoms with Crippen LogP contribution in [0.1, 0.15) is 29.7 Å². The summed E-state index contributed by atoms with van der Waals surface area (Å²) < 4.78 is 10.7. The van der Waals surface area contributed by atoms with E-state index in [1.54, 1.807) is 0 Å². The maximum Gasteiger partial charge on any atom is 0.231 e. The lowest BCUT2D eigenvalue weighted by atomic mass is 10.0. The number of nitrogens with one attached hydrogen (secondary N) is 2. The van der Waals surface area contributed by atoms with Crippen molar-refractivity contribution in [2.75, 3.05) is 12.1 Å². The minimum atomic E-state index is 0.128. The van der Waals surface area contributed by atoms with Gasteiger partial charge in [-0.2, -0.15) is 0 Å². The van der Waals surface area contributed by atoms with Crippen LogP contribution in [0.4, 0.5) is 5.69 Å². The van der Waals surface area contributed by atoms with Crippen molar-refractivity contribution in [1.82, 2.24) is 5.32 Å². The minimum Gasteiger partial charge on any atom is -0.454 e. The molecule has 2 aromatic carbocycles. The van der Waals surface area contributed by atoms with E-state index in [1.165, 1.54) is 16.7 Å². The smallest absolute Gasteiger partial charge is 0.231 e. The van der Waals surface area contributed by atoms with E-state index in [2.05, 4.69) is 49.6 Å². The summed E-state index contributed by atoms with van der Waals surface area (Å²) in [7, 11) is 0. The van der Waals surface area contributed by atoms with E-state index in [4.69, 9.17) is 21.7 Å². The Labute approximate surface area is 141 Å². The summed E-state index contributed by atoms with van der Waals surface area (Å²) in [5.41, 5.74) is 4.66. The molecule has 0 saturated carbocycles. The van der Waals surface area contributed by atoms with Crippen LogP contribution in [0.25, 0.3) is 0 Å². The van der Waals surface area contributed by atoms with Crippen LogP contribution < -0.4 is 20.1 Å². The molecule has 120 valence electrons. The number of thiocarbonyl (C=S) groups is 1. The van der Waals surface area contributed by atoms with E-state index in [0.717, 1.165) is 17.2 Å². The fraction of sp³-hybridized carbons (Fsp3) is 0.278. The van der Waals surface area contributed by atoms with Crippen molar-refractivity contribution in [3.05, 3.63) is 53.1 Å². The molecular weight excluding hydrogens is 308 g/mol. The van der Waals surface area contributed by atoms with Gasteiger partial charge in [-0.05, 0) is 61.8 Å². The second kappa shape index (κ2) is 6.46. The number of aryl methyl sites for hydroxylation is 2. The van der Waals surface area contributed by atoms with Crippen LogP contribution in [0.5, 0.6) is 11.5 Å². The fourth-order valence-corrected chi connectivity index (χ4v) is 2.75. The maximum absolute atomic E-state index is 5.40. The lowest BCUT2D eigenvalue weighted by molar-refractivity contribution is 0.174. The summed E-state index contributed by atoms with van der Waals surface area (Å²) in [6.45, 7) is 6.60. The van der Waals surface area contributed by atoms with E-state index < -0.39 is 0 Å². The molecule has 5 heteroatoms. The zero-order chi connectivity index (χ0) is 16.4. The van der Waals surface area contributed by atoms with Crippen LogP contribution in [0, 0.1) is 13.8 Å². The Morgan fingerprint density at radius 2 is 1.83 bits per heavy atom. The highest BCUT2D eigenvalue weighted by Crippen LogP contribution is 2.34. The number of ether oxygens (including phenoxy) is 2. The molecule has 3 rings (SSSR count). The average Bonchev–Trinajstić information content (AvgIpc) is 2.97. The zero-order valence-electron chi connectivity index (χ0n) is 13.5. The molecule has 0 saturated heterocycles. The first-order valence-electron chi connectivity index (χ1n) is 7.57. The predicted molar refractivity (Wildman–Crippen MR) is 96.3 cm³/mol. The minimum absolute atomic E-state index is 0.128. The predicted octanol–water partition coefficient (Wildman–Crippen LogP) is 4.08. The Balaban J connectivity index is 1.63. The summed E-state index contributed by atoms with van der Waals surface area (Å²) in [6, 6.07) is 12.3. The van der Waals surface area contributed by atoms with Gasteiger partial charge in [0.1, 0.15) is 0 Å². The molecule has 0 spiro atoms. The molecule has 0 aromatic heterocycles. The fourth-order valence-electron chi connectivity index (χ4n) is 2.46. The van der Waals surface area contributed by atoms with E-state index in [-0.39, 0.29) is 12.8 Å². The molecule has 1 atom stereocenters. The van der Waals surface area contributed by atoms with Crippen molar-refractivity contribution in [1.29, 1.82) is 0 Å². The number of hydrogen-bond donors (Lipinski definition) is 2. The Kier molecular flexibility index (Phi) is 4.39. The first-order valence-corrected chi connectivity index (χ1v) is 7.98. The lowest BCUT2D eigenvalue weighted by Gasteiger charge is -2.18. The van der Waals surface area contributed by atoms with Crippen LogP contribution >= 0.6 is 12.2 Å². The van der Waals surface area contributed by atoms with E-state index in [9.17, 15) is 0 Å². The van der Waals surface area contributed by atoms with Gasteiger partial charge in [0.25, 0.3) is 0 Å². The highest BCUT2D eigenvalue weighted by molar-refractivity contribution is 7.80. The van der Waals surface area contributed by atoms with Gasteiger partial charge in [-0.25, -0.2) is 0 Å². The van der Waals surface area contributed by atoms with Crippen molar-refractivity contribution in [3.63, 3.8) is 0 Å². The van der Waals surface area contributed by atoms with Gasteiger partial charge in [0.2, 0.25) is 6.79 Å². The van der Waals surface area contributed by atoms with Crippen molar-refractivity contribution in [3.8, 4) is 11.5 Å². The molecule has 0 aliphatic carbocycles. The van der Waals surface area contributed by atoms with Gasteiger partial charge in [0, 0.05) is 11.8 Å². The monoisotopic (exact) mass is 328 g/mol. The van der Waals surface area contributed by atoms with Crippen LogP contribution in [0.15, 0.2) is 36.4 Å². The molecule has 1 heterocycles. The average molecular weight is 328 g/mol. The quantitative estimate of drug-likeness (QED) is 0.831. The van der Waals surface area contributed by atoms with Gasteiger partial charge < -0.3 is 20.1 Å². The zero-order valence-corrected chi connectivity index (χ0v) is 14.3. The molecule has 0 fully saturated rings. The summed E-state index contributed by atoms with van der Waals surface area (Å²) in [6.07, 6.45) is 0. The van der Waals surface area contributed by atoms with Crippen molar-refractivity contribution in [2.24, 2.45) is 0 Å². The third-order valence-corrected chi connectivity index (χ3v) is 4.23. The second-order valence-corrected chi connectivity index (χ2v) is 6.14. The summed E-state index contributed by atoms with van der Waals surface area (Å²) in [5.74, 6) is 1.50. The van der Waals surface area contributed by atoms with Gasteiger partial charge in [-0.3, -0.25) is 0 Å². The molecule has 0 unspecified atom stereocenters. The molecule has 0 bridgehead atoms. The molecular formula is C18H20N2O2S. The molecule has 1 aliphatic rings. The summed E-state index contributed by atoms with van der Waals surface area (Å²) in [5, 5.41) is 7.07. The van der Waals surface area contributed by atoms with Gasteiger partial charge >= 0.3 is 0 Å². The largest absolute Gasteiger partial charge is 0.454 e. The number of fused-ring (bicyclic) bond motifs is 1. The van der Waals surface area contributed by atoms with Gasteiger partial charge in [-0.1, -0.05) is 18.2 Å². The van der Waals surface area contributed by atoms with Crippen LogP contribution in [-0.4, -0.2) is 11.9 Å². The normalized spacial score (nSPS) is 13.5. The molecule has 0 radical (unpaired) electrons. The third-order valence-electron chi connectivity index (χ3n) is 4.01. The Bertz CT molecular complexity index is 746. The molecule has 2 aromatic rings. The van der Waals surface area contributed by atoms with E-state index >= 15 is 0 Å². The lowest BCUT2D eigenvalue weighted by Crippen LogP contribution is -2.30. The second-order valence-electron chi connectivity index (χ2n) is 5.73. The number of anilines is 1. The van der Waals surface area contributed by atoms with Gasteiger partial charge in [0.15, 0.2) is 16.6 Å². The van der Waals surface area contributed by atoms with E-state index in [0.29, 0.717) is 5.11 Å². The third kappa shape index (κ3) is 3.56. The first kappa shape index (κ1) is 15.6. The Morgan fingerprint density at radius 3 is 2.61 bits per heavy atom. The standard InChI is InChI=1S/C18H20N2O2S/c1-11-4-5-14(8-12(11)2)13(3)19-18(23)20-15-6-7-16-17(9-15)22-10-21-16/h4-9,13H,10H2,1-3H3,(H2,19,20,23)/t13-/m0/s1. The Hall–Kier alpha value is -2.27. The van der Waals surface area contributed by atoms with Crippen molar-refractivity contribution >= 4 is 23.0 Å². The van der Waals surface area contributed by atoms with Gasteiger partial charge in [-0.15, -0.1) is 0 Å². The van der Waals surface area contributed by atoms with Crippen LogP contribution in [0.3, 0.4) is 0 Å². The van der Waals surface area contributed by atoms with Crippen molar-refractivity contribution < 1.29 is 9.47 Å². The number of benzene rings is 2. The Morgan fingerprint density at radius 1 is 1.04 bits per heavy atom. The molecule has 23 heavy (non-hydrogen) atoms. The molecule has 4 nitrogen and oxygen atoms in total. The molecule has 1 aliphatic heterocycles. The van der Waals surface area contributed by atoms with E-state index in [1.807, 2.05) is 18.2 Å². The first-order chi connectivity index (χ1) is 11.0. The van der Waals surface area contributed by atoms with Crippen LogP contribution in [-0.2, 0) is 0 Å². The number of rotatable bonds is 3. The molecule has 2 N–H and O–H groups in total. The highest BCUT2D eigenvalue weighted by Gasteiger charge is 2.14. The summed E-state index contributed by atoms with van der Waals surface area (Å²) >= 11 is 5.40. The van der Waals surface area contributed by atoms with Crippen molar-refractivity contribution in [2.45, 2.75) is 26.8 Å². The van der Waals surface area contributed by atoms with Crippen LogP contribution in [0.2, 0.25) is 0 Å².